The Balaban J connectivity index is 1.60. The molecular weight excluding hydrogens is 371 g/mol. The summed E-state index contributed by atoms with van der Waals surface area (Å²) in [7, 11) is 3.54. The molecule has 1 unspecified atom stereocenters. The van der Waals surface area contributed by atoms with Crippen LogP contribution >= 0.6 is 0 Å². The van der Waals surface area contributed by atoms with E-state index in [1.54, 1.807) is 11.7 Å². The fraction of sp³-hybridized carbons (Fsp3) is 0.474. The minimum atomic E-state index is -3.01. The van der Waals surface area contributed by atoms with Crippen molar-refractivity contribution in [3.05, 3.63) is 47.5 Å². The van der Waals surface area contributed by atoms with Crippen LogP contribution in [-0.2, 0) is 20.0 Å². The molecule has 1 saturated heterocycles. The Labute approximate surface area is 162 Å². The lowest BCUT2D eigenvalue weighted by Crippen LogP contribution is -2.40. The number of halogens is 3. The fourth-order valence-electron chi connectivity index (χ4n) is 3.52. The van der Waals surface area contributed by atoms with Crippen LogP contribution in [0.1, 0.15) is 17.5 Å². The van der Waals surface area contributed by atoms with Gasteiger partial charge in [0.05, 0.1) is 6.20 Å². The van der Waals surface area contributed by atoms with Crippen molar-refractivity contribution in [3.8, 4) is 5.75 Å². The van der Waals surface area contributed by atoms with Crippen molar-refractivity contribution in [2.24, 2.45) is 18.0 Å². The van der Waals surface area contributed by atoms with Crippen molar-refractivity contribution >= 4 is 5.96 Å². The van der Waals surface area contributed by atoms with Crippen molar-refractivity contribution < 1.29 is 17.9 Å². The first-order chi connectivity index (χ1) is 13.5. The third-order valence-electron chi connectivity index (χ3n) is 4.80. The van der Waals surface area contributed by atoms with Crippen LogP contribution in [0, 0.1) is 11.7 Å². The monoisotopic (exact) mass is 395 g/mol. The number of aliphatic imine (C=N–C) groups is 1. The summed E-state index contributed by atoms with van der Waals surface area (Å²) in [5, 5.41) is 7.26. The lowest BCUT2D eigenvalue weighted by Gasteiger charge is -2.22. The molecule has 0 bridgehead atoms. The lowest BCUT2D eigenvalue weighted by atomic mass is 10.0. The van der Waals surface area contributed by atoms with Crippen molar-refractivity contribution in [2.45, 2.75) is 26.0 Å². The van der Waals surface area contributed by atoms with Gasteiger partial charge in [0.2, 0.25) is 0 Å². The number of nitrogens with zero attached hydrogens (tertiary/aromatic N) is 4. The van der Waals surface area contributed by atoms with Crippen molar-refractivity contribution in [1.29, 1.82) is 0 Å². The molecule has 1 aliphatic rings. The first kappa shape index (κ1) is 20.0. The number of rotatable bonds is 6. The van der Waals surface area contributed by atoms with E-state index < -0.39 is 12.4 Å². The first-order valence-corrected chi connectivity index (χ1v) is 9.11. The zero-order chi connectivity index (χ0) is 20.1. The Kier molecular flexibility index (Phi) is 6.43. The van der Waals surface area contributed by atoms with E-state index in [1.165, 1.54) is 23.8 Å². The molecular formula is C19H24F3N5O. The van der Waals surface area contributed by atoms with E-state index in [4.69, 9.17) is 0 Å². The Bertz CT molecular complexity index is 824. The maximum absolute atomic E-state index is 14.1. The van der Waals surface area contributed by atoms with Crippen molar-refractivity contribution in [3.63, 3.8) is 0 Å². The number of benzene rings is 1. The number of aryl methyl sites for hydroxylation is 1. The molecule has 3 rings (SSSR count). The summed E-state index contributed by atoms with van der Waals surface area (Å²) in [6.45, 7) is -1.37. The first-order valence-electron chi connectivity index (χ1n) is 9.11. The number of nitrogens with one attached hydrogen (secondary N) is 1. The van der Waals surface area contributed by atoms with Crippen LogP contribution < -0.4 is 10.1 Å². The molecule has 1 atom stereocenters. The van der Waals surface area contributed by atoms with Gasteiger partial charge in [-0.2, -0.15) is 13.9 Å². The summed E-state index contributed by atoms with van der Waals surface area (Å²) in [5.41, 5.74) is 1.24. The molecule has 1 fully saturated rings. The highest BCUT2D eigenvalue weighted by atomic mass is 19.3. The van der Waals surface area contributed by atoms with E-state index >= 15 is 0 Å². The predicted molar refractivity (Wildman–Crippen MR) is 99.8 cm³/mol. The molecule has 0 aliphatic carbocycles. The van der Waals surface area contributed by atoms with Gasteiger partial charge >= 0.3 is 6.61 Å². The number of hydrogen-bond donors (Lipinski definition) is 1. The maximum atomic E-state index is 14.1. The van der Waals surface area contributed by atoms with Gasteiger partial charge in [0.1, 0.15) is 11.6 Å². The number of likely N-dealkylation sites (tertiary alicyclic amines) is 1. The van der Waals surface area contributed by atoms with Crippen LogP contribution in [0.5, 0.6) is 5.75 Å². The third-order valence-corrected chi connectivity index (χ3v) is 4.80. The quantitative estimate of drug-likeness (QED) is 0.604. The zero-order valence-electron chi connectivity index (χ0n) is 15.9. The van der Waals surface area contributed by atoms with Gasteiger partial charge in [-0.3, -0.25) is 9.67 Å². The maximum Gasteiger partial charge on any atom is 0.387 e. The van der Waals surface area contributed by atoms with Gasteiger partial charge in [-0.25, -0.2) is 4.39 Å². The molecule has 28 heavy (non-hydrogen) atoms. The van der Waals surface area contributed by atoms with E-state index in [0.717, 1.165) is 25.9 Å². The summed E-state index contributed by atoms with van der Waals surface area (Å²) < 4.78 is 45.5. The molecule has 2 aromatic rings. The number of guanidine groups is 1. The van der Waals surface area contributed by atoms with E-state index in [2.05, 4.69) is 25.0 Å². The summed E-state index contributed by atoms with van der Waals surface area (Å²) in [6, 6.07) is 3.89. The second kappa shape index (κ2) is 8.99. The summed E-state index contributed by atoms with van der Waals surface area (Å²) in [6.07, 6.45) is 5.83. The zero-order valence-corrected chi connectivity index (χ0v) is 15.9. The molecule has 0 spiro atoms. The Morgan fingerprint density at radius 2 is 2.25 bits per heavy atom. The van der Waals surface area contributed by atoms with Crippen molar-refractivity contribution in [2.75, 3.05) is 20.1 Å². The van der Waals surface area contributed by atoms with E-state index in [-0.39, 0.29) is 17.9 Å². The van der Waals surface area contributed by atoms with E-state index in [9.17, 15) is 13.2 Å². The van der Waals surface area contributed by atoms with Gasteiger partial charge in [-0.1, -0.05) is 6.07 Å². The number of ether oxygens (including phenoxy) is 1. The average Bonchev–Trinajstić information content (AvgIpc) is 3.26. The molecule has 6 nitrogen and oxygen atoms in total. The average molecular weight is 395 g/mol. The molecule has 1 aliphatic heterocycles. The van der Waals surface area contributed by atoms with Gasteiger partial charge < -0.3 is 15.0 Å². The standard InChI is InChI=1S/C19H24F3N5O/c1-23-19(24-10-15-16(20)4-3-5-17(15)28-18(21)22)27-7-6-13(12-27)8-14-9-25-26(2)11-14/h3-5,9,11,13,18H,6-8,10,12H2,1-2H3,(H,23,24). The normalized spacial score (nSPS) is 17.4. The van der Waals surface area contributed by atoms with Crippen LogP contribution in [0.3, 0.4) is 0 Å². The summed E-state index contributed by atoms with van der Waals surface area (Å²) in [5.74, 6) is 0.305. The molecule has 0 saturated carbocycles. The second-order valence-corrected chi connectivity index (χ2v) is 6.82. The number of alkyl halides is 2. The SMILES string of the molecule is CN=C(NCc1c(F)cccc1OC(F)F)N1CCC(Cc2cnn(C)c2)C1. The highest BCUT2D eigenvalue weighted by Gasteiger charge is 2.25. The van der Waals surface area contributed by atoms with Crippen LogP contribution in [0.25, 0.3) is 0 Å². The topological polar surface area (TPSA) is 54.7 Å². The van der Waals surface area contributed by atoms with Crippen molar-refractivity contribution in [1.82, 2.24) is 20.0 Å². The molecule has 9 heteroatoms. The van der Waals surface area contributed by atoms with Gasteiger partial charge in [-0.15, -0.1) is 0 Å². The number of hydrogen-bond acceptors (Lipinski definition) is 3. The molecule has 1 aromatic carbocycles. The Morgan fingerprint density at radius 3 is 2.93 bits per heavy atom. The van der Waals surface area contributed by atoms with Crippen LogP contribution in [0.4, 0.5) is 13.2 Å². The highest BCUT2D eigenvalue weighted by Crippen LogP contribution is 2.24. The van der Waals surface area contributed by atoms with Gasteiger partial charge in [-0.05, 0) is 36.5 Å². The molecule has 0 amide bonds. The smallest absolute Gasteiger partial charge is 0.387 e. The van der Waals surface area contributed by atoms with Gasteiger partial charge in [0, 0.05) is 45.5 Å². The molecule has 152 valence electrons. The third kappa shape index (κ3) is 4.96. The molecule has 1 aromatic heterocycles. The Morgan fingerprint density at radius 1 is 1.43 bits per heavy atom. The van der Waals surface area contributed by atoms with Gasteiger partial charge in [0.15, 0.2) is 5.96 Å². The minimum absolute atomic E-state index is 0.00513. The molecule has 2 heterocycles. The summed E-state index contributed by atoms with van der Waals surface area (Å²) >= 11 is 0. The predicted octanol–water partition coefficient (Wildman–Crippen LogP) is 2.80. The van der Waals surface area contributed by atoms with E-state index in [0.29, 0.717) is 11.9 Å². The van der Waals surface area contributed by atoms with E-state index in [1.807, 2.05) is 19.4 Å². The highest BCUT2D eigenvalue weighted by molar-refractivity contribution is 5.80. The van der Waals surface area contributed by atoms with Crippen LogP contribution in [0.15, 0.2) is 35.6 Å². The second-order valence-electron chi connectivity index (χ2n) is 6.82. The van der Waals surface area contributed by atoms with Crippen LogP contribution in [0.2, 0.25) is 0 Å². The summed E-state index contributed by atoms with van der Waals surface area (Å²) in [4.78, 5) is 6.35. The molecule has 1 N–H and O–H groups in total. The largest absolute Gasteiger partial charge is 0.434 e. The Hall–Kier alpha value is -2.71. The number of aromatic nitrogens is 2. The van der Waals surface area contributed by atoms with Crippen LogP contribution in [-0.4, -0.2) is 47.4 Å². The minimum Gasteiger partial charge on any atom is -0.434 e. The lowest BCUT2D eigenvalue weighted by molar-refractivity contribution is -0.0506. The fourth-order valence-corrected chi connectivity index (χ4v) is 3.52. The molecule has 0 radical (unpaired) electrons. The van der Waals surface area contributed by atoms with Gasteiger partial charge in [0.25, 0.3) is 0 Å².